The van der Waals surface area contributed by atoms with Crippen molar-refractivity contribution in [2.75, 3.05) is 33.0 Å². The van der Waals surface area contributed by atoms with Crippen molar-refractivity contribution in [3.05, 3.63) is 0 Å². The van der Waals surface area contributed by atoms with Crippen molar-refractivity contribution in [1.29, 1.82) is 0 Å². The summed E-state index contributed by atoms with van der Waals surface area (Å²) in [6.45, 7) is 5.63. The fourth-order valence-corrected chi connectivity index (χ4v) is 2.00. The second kappa shape index (κ2) is 9.30. The van der Waals surface area contributed by atoms with Crippen LogP contribution in [-0.4, -0.2) is 50.1 Å². The average Bonchev–Trinajstić information content (AvgIpc) is 2.38. The first kappa shape index (κ1) is 15.4. The molecule has 0 aromatic heterocycles. The van der Waals surface area contributed by atoms with Crippen LogP contribution >= 0.6 is 0 Å². The summed E-state index contributed by atoms with van der Waals surface area (Å²) in [7, 11) is 0. The third kappa shape index (κ3) is 6.33. The Morgan fingerprint density at radius 2 is 2.22 bits per heavy atom. The number of ether oxygens (including phenoxy) is 2. The van der Waals surface area contributed by atoms with Gasteiger partial charge in [0.2, 0.25) is 0 Å². The molecular formula is C13H25NO4. The first-order valence-corrected chi connectivity index (χ1v) is 6.85. The molecule has 1 unspecified atom stereocenters. The number of hydrogen-bond donors (Lipinski definition) is 2. The van der Waals surface area contributed by atoms with E-state index < -0.39 is 12.0 Å². The molecule has 1 aliphatic heterocycles. The number of nitrogens with one attached hydrogen (secondary N) is 1. The Morgan fingerprint density at radius 1 is 1.50 bits per heavy atom. The van der Waals surface area contributed by atoms with Crippen LogP contribution in [0.25, 0.3) is 0 Å². The average molecular weight is 259 g/mol. The highest BCUT2D eigenvalue weighted by molar-refractivity contribution is 5.73. The minimum absolute atomic E-state index is 0.486. The van der Waals surface area contributed by atoms with Gasteiger partial charge in [0.25, 0.3) is 0 Å². The van der Waals surface area contributed by atoms with Crippen LogP contribution in [0.5, 0.6) is 0 Å². The van der Waals surface area contributed by atoms with Gasteiger partial charge in [-0.25, -0.2) is 0 Å². The summed E-state index contributed by atoms with van der Waals surface area (Å²) >= 11 is 0. The minimum Gasteiger partial charge on any atom is -0.480 e. The normalized spacial score (nSPS) is 18.7. The number of rotatable bonds is 9. The van der Waals surface area contributed by atoms with Crippen LogP contribution < -0.4 is 5.32 Å². The maximum Gasteiger partial charge on any atom is 0.320 e. The van der Waals surface area contributed by atoms with Gasteiger partial charge in [0.05, 0.1) is 0 Å². The van der Waals surface area contributed by atoms with Crippen molar-refractivity contribution >= 4 is 5.97 Å². The van der Waals surface area contributed by atoms with Gasteiger partial charge >= 0.3 is 5.97 Å². The SMILES string of the molecule is CCCNC(CCOCC1CCOCC1)C(=O)O. The molecule has 0 saturated carbocycles. The van der Waals surface area contributed by atoms with Gasteiger partial charge in [0.15, 0.2) is 0 Å². The third-order valence-electron chi connectivity index (χ3n) is 3.18. The molecule has 5 heteroatoms. The molecule has 0 aliphatic carbocycles. The van der Waals surface area contributed by atoms with Crippen LogP contribution in [0.15, 0.2) is 0 Å². The van der Waals surface area contributed by atoms with E-state index in [1.807, 2.05) is 6.92 Å². The number of hydrogen-bond acceptors (Lipinski definition) is 4. The van der Waals surface area contributed by atoms with Gasteiger partial charge in [-0.05, 0) is 38.1 Å². The van der Waals surface area contributed by atoms with E-state index in [1.54, 1.807) is 0 Å². The van der Waals surface area contributed by atoms with E-state index in [9.17, 15) is 4.79 Å². The Labute approximate surface area is 109 Å². The number of carbonyl (C=O) groups is 1. The van der Waals surface area contributed by atoms with E-state index in [1.165, 1.54) is 0 Å². The largest absolute Gasteiger partial charge is 0.480 e. The summed E-state index contributed by atoms with van der Waals surface area (Å²) in [6, 6.07) is -0.486. The summed E-state index contributed by atoms with van der Waals surface area (Å²) in [5.74, 6) is -0.219. The quantitative estimate of drug-likeness (QED) is 0.610. The first-order chi connectivity index (χ1) is 8.74. The minimum atomic E-state index is -0.793. The Balaban J connectivity index is 2.08. The zero-order valence-electron chi connectivity index (χ0n) is 11.2. The lowest BCUT2D eigenvalue weighted by molar-refractivity contribution is -0.140. The molecule has 1 fully saturated rings. The summed E-state index contributed by atoms with van der Waals surface area (Å²) in [5.41, 5.74) is 0. The van der Waals surface area contributed by atoms with Crippen LogP contribution in [0.2, 0.25) is 0 Å². The zero-order chi connectivity index (χ0) is 13.2. The number of carboxylic acids is 1. The summed E-state index contributed by atoms with van der Waals surface area (Å²) in [5, 5.41) is 12.0. The van der Waals surface area contributed by atoms with Crippen molar-refractivity contribution in [2.24, 2.45) is 5.92 Å². The van der Waals surface area contributed by atoms with Crippen molar-refractivity contribution in [3.8, 4) is 0 Å². The molecule has 1 aliphatic rings. The van der Waals surface area contributed by atoms with E-state index in [4.69, 9.17) is 14.6 Å². The lowest BCUT2D eigenvalue weighted by Gasteiger charge is -2.22. The molecule has 18 heavy (non-hydrogen) atoms. The van der Waals surface area contributed by atoms with Crippen molar-refractivity contribution in [3.63, 3.8) is 0 Å². The van der Waals surface area contributed by atoms with Crippen molar-refractivity contribution < 1.29 is 19.4 Å². The molecule has 1 saturated heterocycles. The van der Waals surface area contributed by atoms with Crippen LogP contribution in [-0.2, 0) is 14.3 Å². The highest BCUT2D eigenvalue weighted by Gasteiger charge is 2.17. The second-order valence-corrected chi connectivity index (χ2v) is 4.76. The fraction of sp³-hybridized carbons (Fsp3) is 0.923. The zero-order valence-corrected chi connectivity index (χ0v) is 11.2. The Kier molecular flexibility index (Phi) is 7.96. The molecule has 5 nitrogen and oxygen atoms in total. The lowest BCUT2D eigenvalue weighted by Crippen LogP contribution is -2.38. The first-order valence-electron chi connectivity index (χ1n) is 6.85. The smallest absolute Gasteiger partial charge is 0.320 e. The molecule has 2 N–H and O–H groups in total. The van der Waals surface area contributed by atoms with Gasteiger partial charge < -0.3 is 19.9 Å². The van der Waals surface area contributed by atoms with Crippen molar-refractivity contribution in [2.45, 2.75) is 38.6 Å². The predicted octanol–water partition coefficient (Wildman–Crippen LogP) is 1.27. The van der Waals surface area contributed by atoms with Gasteiger partial charge in [-0.1, -0.05) is 6.92 Å². The maximum atomic E-state index is 11.0. The van der Waals surface area contributed by atoms with E-state index in [2.05, 4.69) is 5.32 Å². The molecule has 0 bridgehead atoms. The predicted molar refractivity (Wildman–Crippen MR) is 68.7 cm³/mol. The van der Waals surface area contributed by atoms with Crippen LogP contribution in [0, 0.1) is 5.92 Å². The molecule has 0 aromatic carbocycles. The van der Waals surface area contributed by atoms with E-state index in [0.29, 0.717) is 18.9 Å². The molecule has 0 amide bonds. The number of aliphatic carboxylic acids is 1. The molecule has 1 rings (SSSR count). The molecule has 106 valence electrons. The van der Waals surface area contributed by atoms with Gasteiger partial charge in [0.1, 0.15) is 6.04 Å². The van der Waals surface area contributed by atoms with Crippen LogP contribution in [0.3, 0.4) is 0 Å². The third-order valence-corrected chi connectivity index (χ3v) is 3.18. The van der Waals surface area contributed by atoms with Gasteiger partial charge in [0, 0.05) is 26.4 Å². The van der Waals surface area contributed by atoms with Crippen LogP contribution in [0.4, 0.5) is 0 Å². The van der Waals surface area contributed by atoms with Crippen LogP contribution in [0.1, 0.15) is 32.6 Å². The standard InChI is InChI=1S/C13H25NO4/c1-2-6-14-12(13(15)16)5-9-18-10-11-3-7-17-8-4-11/h11-12,14H,2-10H2,1H3,(H,15,16). The molecular weight excluding hydrogens is 234 g/mol. The number of carboxylic acid groups (broad SMARTS) is 1. The Morgan fingerprint density at radius 3 is 2.83 bits per heavy atom. The molecule has 0 radical (unpaired) electrons. The van der Waals surface area contributed by atoms with Crippen molar-refractivity contribution in [1.82, 2.24) is 5.32 Å². The lowest BCUT2D eigenvalue weighted by atomic mass is 10.0. The molecule has 0 aromatic rings. The fourth-order valence-electron chi connectivity index (χ4n) is 2.00. The topological polar surface area (TPSA) is 67.8 Å². The maximum absolute atomic E-state index is 11.0. The van der Waals surface area contributed by atoms with E-state index >= 15 is 0 Å². The summed E-state index contributed by atoms with van der Waals surface area (Å²) < 4.78 is 10.9. The van der Waals surface area contributed by atoms with Gasteiger partial charge in [-0.15, -0.1) is 0 Å². The van der Waals surface area contributed by atoms with E-state index in [0.717, 1.165) is 45.6 Å². The summed E-state index contributed by atoms with van der Waals surface area (Å²) in [4.78, 5) is 11.0. The monoisotopic (exact) mass is 259 g/mol. The van der Waals surface area contributed by atoms with Gasteiger partial charge in [-0.2, -0.15) is 0 Å². The molecule has 1 heterocycles. The van der Waals surface area contributed by atoms with E-state index in [-0.39, 0.29) is 0 Å². The highest BCUT2D eigenvalue weighted by atomic mass is 16.5. The highest BCUT2D eigenvalue weighted by Crippen LogP contribution is 2.14. The van der Waals surface area contributed by atoms with Gasteiger partial charge in [-0.3, -0.25) is 4.79 Å². The Bertz CT molecular complexity index is 229. The molecule has 0 spiro atoms. The molecule has 1 atom stereocenters. The Hall–Kier alpha value is -0.650. The summed E-state index contributed by atoms with van der Waals surface area (Å²) in [6.07, 6.45) is 3.57. The second-order valence-electron chi connectivity index (χ2n) is 4.76.